The highest BCUT2D eigenvalue weighted by atomic mass is 19.1. The monoisotopic (exact) mass is 546 g/mol. The minimum atomic E-state index is -0.279. The average Bonchev–Trinajstić information content (AvgIpc) is 3.55. The number of ether oxygens (including phenoxy) is 2. The van der Waals surface area contributed by atoms with Gasteiger partial charge in [-0.25, -0.2) is 4.39 Å². The lowest BCUT2D eigenvalue weighted by Crippen LogP contribution is -2.43. The van der Waals surface area contributed by atoms with Gasteiger partial charge in [0.1, 0.15) is 18.1 Å². The fraction of sp³-hybridized carbons (Fsp3) is 0.529. The molecule has 4 aliphatic rings. The lowest BCUT2D eigenvalue weighted by atomic mass is 9.72. The van der Waals surface area contributed by atoms with Crippen molar-refractivity contribution in [2.45, 2.75) is 76.5 Å². The van der Waals surface area contributed by atoms with Crippen LogP contribution in [0.25, 0.3) is 0 Å². The van der Waals surface area contributed by atoms with Gasteiger partial charge in [0.05, 0.1) is 7.11 Å². The molecule has 6 heteroatoms. The van der Waals surface area contributed by atoms with Gasteiger partial charge < -0.3 is 14.6 Å². The number of phenols is 1. The molecule has 40 heavy (non-hydrogen) atoms. The molecule has 2 fully saturated rings. The second-order valence-electron chi connectivity index (χ2n) is 12.0. The van der Waals surface area contributed by atoms with E-state index >= 15 is 4.39 Å². The van der Waals surface area contributed by atoms with Crippen molar-refractivity contribution in [1.82, 2.24) is 9.80 Å². The van der Waals surface area contributed by atoms with Crippen molar-refractivity contribution in [3.05, 3.63) is 82.9 Å². The van der Waals surface area contributed by atoms with Crippen molar-refractivity contribution in [2.24, 2.45) is 11.8 Å². The highest BCUT2D eigenvalue weighted by Crippen LogP contribution is 2.39. The van der Waals surface area contributed by atoms with E-state index in [1.807, 2.05) is 12.1 Å². The van der Waals surface area contributed by atoms with Crippen molar-refractivity contribution < 1.29 is 19.0 Å². The molecule has 2 bridgehead atoms. The molecule has 2 aliphatic carbocycles. The number of rotatable bonds is 10. The quantitative estimate of drug-likeness (QED) is 0.382. The maximum Gasteiger partial charge on any atom is 0.165 e. The SMILES string of the molecule is CCN(Cc1ccc(OCCN2C3CCC2CC3)c(F)c1)C1C=C(OC)C=CC1[C@@H]1CCc2cc(O)ccc2C1. The summed E-state index contributed by atoms with van der Waals surface area (Å²) < 4.78 is 26.7. The first kappa shape index (κ1) is 27.3. The topological polar surface area (TPSA) is 45.2 Å². The van der Waals surface area contributed by atoms with Gasteiger partial charge in [0, 0.05) is 31.2 Å². The fourth-order valence-corrected chi connectivity index (χ4v) is 7.74. The van der Waals surface area contributed by atoms with Gasteiger partial charge in [0.15, 0.2) is 11.6 Å². The molecule has 214 valence electrons. The summed E-state index contributed by atoms with van der Waals surface area (Å²) in [5.74, 6) is 2.11. The number of hydrogen-bond donors (Lipinski definition) is 1. The van der Waals surface area contributed by atoms with Crippen molar-refractivity contribution in [1.29, 1.82) is 0 Å². The Morgan fingerprint density at radius 2 is 1.82 bits per heavy atom. The first-order chi connectivity index (χ1) is 19.5. The van der Waals surface area contributed by atoms with Crippen LogP contribution in [0.5, 0.6) is 11.5 Å². The summed E-state index contributed by atoms with van der Waals surface area (Å²) in [6.45, 7) is 5.10. The Morgan fingerprint density at radius 3 is 2.55 bits per heavy atom. The van der Waals surface area contributed by atoms with Crippen LogP contribution in [-0.4, -0.2) is 59.8 Å². The Morgan fingerprint density at radius 1 is 1.02 bits per heavy atom. The highest BCUT2D eigenvalue weighted by Gasteiger charge is 2.39. The van der Waals surface area contributed by atoms with Crippen molar-refractivity contribution in [2.75, 3.05) is 26.8 Å². The summed E-state index contributed by atoms with van der Waals surface area (Å²) in [6.07, 6.45) is 14.9. The van der Waals surface area contributed by atoms with E-state index in [9.17, 15) is 5.11 Å². The Balaban J connectivity index is 1.12. The maximum atomic E-state index is 15.1. The minimum Gasteiger partial charge on any atom is -0.508 e. The minimum absolute atomic E-state index is 0.156. The van der Waals surface area contributed by atoms with E-state index in [2.05, 4.69) is 41.0 Å². The second-order valence-corrected chi connectivity index (χ2v) is 12.0. The zero-order valence-corrected chi connectivity index (χ0v) is 23.9. The van der Waals surface area contributed by atoms with Gasteiger partial charge in [-0.1, -0.05) is 25.1 Å². The molecule has 0 saturated carbocycles. The zero-order valence-electron chi connectivity index (χ0n) is 23.9. The fourth-order valence-electron chi connectivity index (χ4n) is 7.74. The van der Waals surface area contributed by atoms with Crippen LogP contribution < -0.4 is 4.74 Å². The predicted octanol–water partition coefficient (Wildman–Crippen LogP) is 6.25. The molecule has 1 N–H and O–H groups in total. The number of nitrogens with zero attached hydrogens (tertiary/aromatic N) is 2. The standard InChI is InChI=1S/C34H43FN2O3/c1-3-36(22-23-4-15-34(32(35)18-23)40-17-16-37-27-8-9-28(37)11-10-27)33-21-30(39-2)13-14-31(33)26-6-5-25-20-29(38)12-7-24(25)19-26/h4,7,12-15,18,20-21,26-28,31,33,38H,3,5-6,8-11,16-17,19,22H2,1-2H3/t26-,27?,28?,31?,33?/m1/s1. The maximum absolute atomic E-state index is 15.1. The smallest absolute Gasteiger partial charge is 0.165 e. The Bertz CT molecular complexity index is 1240. The Kier molecular flexibility index (Phi) is 8.17. The van der Waals surface area contributed by atoms with Crippen molar-refractivity contribution in [3.8, 4) is 11.5 Å². The summed E-state index contributed by atoms with van der Waals surface area (Å²) in [7, 11) is 1.72. The zero-order chi connectivity index (χ0) is 27.6. The number of methoxy groups -OCH3 is 1. The van der Waals surface area contributed by atoms with E-state index in [-0.39, 0.29) is 11.9 Å². The molecule has 2 aromatic rings. The van der Waals surface area contributed by atoms with Crippen LogP contribution in [0.4, 0.5) is 4.39 Å². The van der Waals surface area contributed by atoms with E-state index in [0.717, 1.165) is 43.7 Å². The van der Waals surface area contributed by atoms with Gasteiger partial charge >= 0.3 is 0 Å². The molecule has 2 heterocycles. The Labute approximate surface area is 238 Å². The third kappa shape index (κ3) is 5.66. The van der Waals surface area contributed by atoms with E-state index in [4.69, 9.17) is 9.47 Å². The molecule has 0 amide bonds. The second kappa shape index (κ2) is 12.0. The van der Waals surface area contributed by atoms with Gasteiger partial charge in [-0.2, -0.15) is 0 Å². The van der Waals surface area contributed by atoms with Crippen LogP contribution in [0, 0.1) is 17.7 Å². The molecule has 0 aromatic heterocycles. The van der Waals surface area contributed by atoms with E-state index in [0.29, 0.717) is 48.6 Å². The molecule has 3 atom stereocenters. The lowest BCUT2D eigenvalue weighted by molar-refractivity contribution is 0.147. The molecular weight excluding hydrogens is 503 g/mol. The third-order valence-corrected chi connectivity index (χ3v) is 9.87. The number of halogens is 1. The molecule has 2 aromatic carbocycles. The average molecular weight is 547 g/mol. The number of likely N-dealkylation sites (N-methyl/N-ethyl adjacent to an activating group) is 1. The van der Waals surface area contributed by atoms with E-state index in [1.165, 1.54) is 36.8 Å². The van der Waals surface area contributed by atoms with Crippen LogP contribution >= 0.6 is 0 Å². The summed E-state index contributed by atoms with van der Waals surface area (Å²) in [5, 5.41) is 9.92. The van der Waals surface area contributed by atoms with Crippen molar-refractivity contribution >= 4 is 0 Å². The van der Waals surface area contributed by atoms with Crippen LogP contribution in [0.15, 0.2) is 60.4 Å². The molecule has 2 saturated heterocycles. The molecule has 0 spiro atoms. The summed E-state index contributed by atoms with van der Waals surface area (Å²) in [5.41, 5.74) is 3.55. The highest BCUT2D eigenvalue weighted by molar-refractivity contribution is 5.37. The van der Waals surface area contributed by atoms with Crippen LogP contribution in [0.1, 0.15) is 55.7 Å². The Hall–Kier alpha value is -2.83. The third-order valence-electron chi connectivity index (χ3n) is 9.87. The predicted molar refractivity (Wildman–Crippen MR) is 156 cm³/mol. The van der Waals surface area contributed by atoms with Crippen LogP contribution in [0.2, 0.25) is 0 Å². The number of phenolic OH excluding ortho intramolecular Hbond substituents is 1. The molecule has 2 aliphatic heterocycles. The van der Waals surface area contributed by atoms with Crippen LogP contribution in [0.3, 0.4) is 0 Å². The summed E-state index contributed by atoms with van der Waals surface area (Å²) in [4.78, 5) is 5.00. The van der Waals surface area contributed by atoms with Crippen molar-refractivity contribution in [3.63, 3.8) is 0 Å². The van der Waals surface area contributed by atoms with E-state index < -0.39 is 0 Å². The number of aromatic hydroxyl groups is 1. The molecule has 0 radical (unpaired) electrons. The van der Waals surface area contributed by atoms with Gasteiger partial charge in [0.2, 0.25) is 0 Å². The number of benzene rings is 2. The number of allylic oxidation sites excluding steroid dienone is 1. The first-order valence-electron chi connectivity index (χ1n) is 15.2. The van der Waals surface area contributed by atoms with Crippen LogP contribution in [-0.2, 0) is 24.1 Å². The summed E-state index contributed by atoms with van der Waals surface area (Å²) >= 11 is 0. The number of hydrogen-bond acceptors (Lipinski definition) is 5. The molecule has 5 nitrogen and oxygen atoms in total. The normalized spacial score (nSPS) is 27.6. The van der Waals surface area contributed by atoms with Gasteiger partial charge in [-0.15, -0.1) is 0 Å². The first-order valence-corrected chi connectivity index (χ1v) is 15.2. The van der Waals surface area contributed by atoms with Gasteiger partial charge in [-0.05, 0) is 116 Å². The molecule has 6 rings (SSSR count). The lowest BCUT2D eigenvalue weighted by Gasteiger charge is -2.41. The van der Waals surface area contributed by atoms with E-state index in [1.54, 1.807) is 25.3 Å². The molecular formula is C34H43FN2O3. The number of fused-ring (bicyclic) bond motifs is 3. The molecule has 2 unspecified atom stereocenters. The number of aryl methyl sites for hydroxylation is 1. The van der Waals surface area contributed by atoms with Gasteiger partial charge in [0.25, 0.3) is 0 Å². The van der Waals surface area contributed by atoms with Gasteiger partial charge in [-0.3, -0.25) is 9.80 Å². The summed E-state index contributed by atoms with van der Waals surface area (Å²) in [6, 6.07) is 12.8. The largest absolute Gasteiger partial charge is 0.508 e.